The van der Waals surface area contributed by atoms with Crippen LogP contribution in [0.3, 0.4) is 0 Å². The van der Waals surface area contributed by atoms with Crippen LogP contribution < -0.4 is 0 Å². The van der Waals surface area contributed by atoms with Gasteiger partial charge in [-0.05, 0) is 20.3 Å². The average molecular weight is 200 g/mol. The van der Waals surface area contributed by atoms with E-state index in [0.29, 0.717) is 6.42 Å². The van der Waals surface area contributed by atoms with E-state index in [9.17, 15) is 5.11 Å². The van der Waals surface area contributed by atoms with E-state index in [4.69, 9.17) is 14.2 Å². The Kier molecular flexibility index (Phi) is 2.39. The SMILES string of the molecule is C=CC[C@H]1O[C@@H]2OC(C)(C)OC2[C@H]1O. The van der Waals surface area contributed by atoms with Crippen LogP contribution in [-0.2, 0) is 14.2 Å². The predicted octanol–water partition coefficient (Wildman–Crippen LogP) is 0.800. The normalized spacial score (nSPS) is 45.1. The summed E-state index contributed by atoms with van der Waals surface area (Å²) in [5.41, 5.74) is 0. The maximum absolute atomic E-state index is 9.84. The molecule has 2 fully saturated rings. The molecule has 2 rings (SSSR count). The molecule has 2 heterocycles. The largest absolute Gasteiger partial charge is 0.387 e. The number of hydrogen-bond acceptors (Lipinski definition) is 4. The van der Waals surface area contributed by atoms with Gasteiger partial charge in [-0.25, -0.2) is 0 Å². The molecule has 4 nitrogen and oxygen atoms in total. The first-order chi connectivity index (χ1) is 6.53. The average Bonchev–Trinajstić information content (AvgIpc) is 2.50. The van der Waals surface area contributed by atoms with Crippen molar-refractivity contribution < 1.29 is 19.3 Å². The Labute approximate surface area is 83.5 Å². The monoisotopic (exact) mass is 200 g/mol. The van der Waals surface area contributed by atoms with Gasteiger partial charge >= 0.3 is 0 Å². The molecule has 0 radical (unpaired) electrons. The highest BCUT2D eigenvalue weighted by atomic mass is 16.8. The van der Waals surface area contributed by atoms with Gasteiger partial charge in [0, 0.05) is 0 Å². The standard InChI is InChI=1S/C10H16O4/c1-4-5-6-7(11)8-9(12-6)14-10(2,3)13-8/h4,6-9,11H,1,5H2,2-3H3/t6-,7+,8?,9-/m1/s1. The molecule has 2 saturated heterocycles. The molecule has 2 aliphatic heterocycles. The summed E-state index contributed by atoms with van der Waals surface area (Å²) in [6.07, 6.45) is 0.653. The second-order valence-electron chi connectivity index (χ2n) is 4.16. The minimum atomic E-state index is -0.657. The van der Waals surface area contributed by atoms with Crippen LogP contribution in [0.5, 0.6) is 0 Å². The molecule has 0 aromatic heterocycles. The molecular formula is C10H16O4. The zero-order valence-corrected chi connectivity index (χ0v) is 8.47. The molecule has 2 aliphatic rings. The Morgan fingerprint density at radius 2 is 2.14 bits per heavy atom. The number of ether oxygens (including phenoxy) is 3. The van der Waals surface area contributed by atoms with Crippen molar-refractivity contribution in [1.29, 1.82) is 0 Å². The van der Waals surface area contributed by atoms with Crippen molar-refractivity contribution >= 4 is 0 Å². The molecule has 0 spiro atoms. The van der Waals surface area contributed by atoms with E-state index >= 15 is 0 Å². The van der Waals surface area contributed by atoms with Gasteiger partial charge in [0.05, 0.1) is 6.10 Å². The van der Waals surface area contributed by atoms with Crippen LogP contribution in [0, 0.1) is 0 Å². The lowest BCUT2D eigenvalue weighted by Crippen LogP contribution is -2.34. The van der Waals surface area contributed by atoms with Gasteiger partial charge < -0.3 is 19.3 Å². The van der Waals surface area contributed by atoms with Crippen molar-refractivity contribution in [3.05, 3.63) is 12.7 Å². The first-order valence-electron chi connectivity index (χ1n) is 4.83. The molecule has 0 saturated carbocycles. The molecule has 0 bridgehead atoms. The highest BCUT2D eigenvalue weighted by molar-refractivity contribution is 4.95. The van der Waals surface area contributed by atoms with Gasteiger partial charge in [-0.2, -0.15) is 0 Å². The Morgan fingerprint density at radius 3 is 2.71 bits per heavy atom. The van der Waals surface area contributed by atoms with E-state index in [0.717, 1.165) is 0 Å². The van der Waals surface area contributed by atoms with Gasteiger partial charge in [-0.15, -0.1) is 6.58 Å². The third-order valence-electron chi connectivity index (χ3n) is 2.51. The second kappa shape index (κ2) is 3.31. The van der Waals surface area contributed by atoms with E-state index in [1.807, 2.05) is 13.8 Å². The molecule has 0 aliphatic carbocycles. The summed E-state index contributed by atoms with van der Waals surface area (Å²) in [6.45, 7) is 7.23. The van der Waals surface area contributed by atoms with E-state index in [1.165, 1.54) is 0 Å². The molecular weight excluding hydrogens is 184 g/mol. The van der Waals surface area contributed by atoms with Crippen molar-refractivity contribution in [1.82, 2.24) is 0 Å². The van der Waals surface area contributed by atoms with E-state index < -0.39 is 18.2 Å². The summed E-state index contributed by atoms with van der Waals surface area (Å²) >= 11 is 0. The molecule has 1 N–H and O–H groups in total. The number of hydrogen-bond donors (Lipinski definition) is 1. The van der Waals surface area contributed by atoms with Gasteiger partial charge in [-0.1, -0.05) is 6.08 Å². The zero-order valence-electron chi connectivity index (χ0n) is 8.47. The molecule has 0 amide bonds. The van der Waals surface area contributed by atoms with Gasteiger partial charge in [0.25, 0.3) is 0 Å². The van der Waals surface area contributed by atoms with E-state index in [-0.39, 0.29) is 12.2 Å². The zero-order chi connectivity index (χ0) is 10.3. The molecule has 0 aromatic carbocycles. The van der Waals surface area contributed by atoms with Crippen LogP contribution in [0.4, 0.5) is 0 Å². The first-order valence-corrected chi connectivity index (χ1v) is 4.83. The van der Waals surface area contributed by atoms with E-state index in [2.05, 4.69) is 6.58 Å². The Bertz CT molecular complexity index is 238. The van der Waals surface area contributed by atoms with E-state index in [1.54, 1.807) is 6.08 Å². The predicted molar refractivity (Wildman–Crippen MR) is 49.5 cm³/mol. The highest BCUT2D eigenvalue weighted by Crippen LogP contribution is 2.38. The summed E-state index contributed by atoms with van der Waals surface area (Å²) in [5.74, 6) is -0.657. The lowest BCUT2D eigenvalue weighted by molar-refractivity contribution is -0.214. The van der Waals surface area contributed by atoms with Crippen LogP contribution in [-0.4, -0.2) is 35.5 Å². The first kappa shape index (κ1) is 10.1. The third-order valence-corrected chi connectivity index (χ3v) is 2.51. The lowest BCUT2D eigenvalue weighted by atomic mass is 10.1. The maximum Gasteiger partial charge on any atom is 0.190 e. The summed E-state index contributed by atoms with van der Waals surface area (Å²) in [4.78, 5) is 0. The highest BCUT2D eigenvalue weighted by Gasteiger charge is 2.53. The lowest BCUT2D eigenvalue weighted by Gasteiger charge is -2.22. The van der Waals surface area contributed by atoms with Crippen molar-refractivity contribution in [3.63, 3.8) is 0 Å². The molecule has 14 heavy (non-hydrogen) atoms. The number of aliphatic hydroxyl groups excluding tert-OH is 1. The van der Waals surface area contributed by atoms with Gasteiger partial charge in [-0.3, -0.25) is 0 Å². The van der Waals surface area contributed by atoms with Crippen LogP contribution >= 0.6 is 0 Å². The summed E-state index contributed by atoms with van der Waals surface area (Å²) in [7, 11) is 0. The minimum Gasteiger partial charge on any atom is -0.387 e. The topological polar surface area (TPSA) is 47.9 Å². The number of rotatable bonds is 2. The van der Waals surface area contributed by atoms with Gasteiger partial charge in [0.15, 0.2) is 12.1 Å². The maximum atomic E-state index is 9.84. The van der Waals surface area contributed by atoms with Crippen molar-refractivity contribution in [2.75, 3.05) is 0 Å². The Morgan fingerprint density at radius 1 is 1.43 bits per heavy atom. The van der Waals surface area contributed by atoms with Gasteiger partial charge in [0.2, 0.25) is 0 Å². The Balaban J connectivity index is 2.04. The number of fused-ring (bicyclic) bond motifs is 1. The molecule has 0 aromatic rings. The molecule has 1 unspecified atom stereocenters. The van der Waals surface area contributed by atoms with Crippen molar-refractivity contribution in [3.8, 4) is 0 Å². The Hall–Kier alpha value is -0.420. The molecule has 4 atom stereocenters. The fourth-order valence-electron chi connectivity index (χ4n) is 1.92. The smallest absolute Gasteiger partial charge is 0.190 e. The second-order valence-corrected chi connectivity index (χ2v) is 4.16. The minimum absolute atomic E-state index is 0.251. The molecule has 4 heteroatoms. The van der Waals surface area contributed by atoms with Crippen molar-refractivity contribution in [2.45, 2.75) is 50.7 Å². The van der Waals surface area contributed by atoms with Crippen LogP contribution in [0.1, 0.15) is 20.3 Å². The van der Waals surface area contributed by atoms with Crippen LogP contribution in [0.2, 0.25) is 0 Å². The van der Waals surface area contributed by atoms with Crippen LogP contribution in [0.15, 0.2) is 12.7 Å². The fraction of sp³-hybridized carbons (Fsp3) is 0.800. The van der Waals surface area contributed by atoms with Gasteiger partial charge in [0.1, 0.15) is 12.2 Å². The quantitative estimate of drug-likeness (QED) is 0.670. The summed E-state index contributed by atoms with van der Waals surface area (Å²) in [6, 6.07) is 0. The van der Waals surface area contributed by atoms with Crippen LogP contribution in [0.25, 0.3) is 0 Å². The number of aliphatic hydroxyl groups is 1. The summed E-state index contributed by atoms with van der Waals surface area (Å²) < 4.78 is 16.5. The summed E-state index contributed by atoms with van der Waals surface area (Å²) in [5, 5.41) is 9.84. The van der Waals surface area contributed by atoms with Crippen molar-refractivity contribution in [2.24, 2.45) is 0 Å². The fourth-order valence-corrected chi connectivity index (χ4v) is 1.92. The third kappa shape index (κ3) is 1.59. The molecule has 80 valence electrons.